The normalized spacial score (nSPS) is 23.5. The van der Waals surface area contributed by atoms with Crippen LogP contribution in [0.3, 0.4) is 0 Å². The van der Waals surface area contributed by atoms with E-state index in [4.69, 9.17) is 0 Å². The Morgan fingerprint density at radius 3 is 2.07 bits per heavy atom. The van der Waals surface area contributed by atoms with Gasteiger partial charge in [0.25, 0.3) is 0 Å². The van der Waals surface area contributed by atoms with Gasteiger partial charge in [0.05, 0.1) is 0 Å². The van der Waals surface area contributed by atoms with Crippen molar-refractivity contribution < 1.29 is 13.6 Å². The maximum atomic E-state index is 12.9. The van der Waals surface area contributed by atoms with Crippen LogP contribution in [-0.4, -0.2) is 11.7 Å². The second-order valence-corrected chi connectivity index (χ2v) is 4.91. The molecule has 0 aromatic carbocycles. The minimum absolute atomic E-state index is 0.0611. The minimum Gasteiger partial charge on any atom is -0.299 e. The Kier molecular flexibility index (Phi) is 2.98. The van der Waals surface area contributed by atoms with Crippen LogP contribution in [0.5, 0.6) is 0 Å². The molecule has 0 N–H and O–H groups in total. The number of Topliss-reactive ketones (excluding diaryl/α,β-unsaturated/α-hetero) is 1. The smallest absolute Gasteiger partial charge is 0.248 e. The molecule has 1 aliphatic carbocycles. The molecule has 0 aliphatic heterocycles. The topological polar surface area (TPSA) is 17.1 Å². The Balaban J connectivity index is 2.62. The average Bonchev–Trinajstić information content (AvgIpc) is 2.03. The molecule has 0 radical (unpaired) electrons. The highest BCUT2D eigenvalue weighted by Crippen LogP contribution is 2.44. The molecular formula is C11H18F2O. The van der Waals surface area contributed by atoms with Crippen LogP contribution in [0.2, 0.25) is 0 Å². The van der Waals surface area contributed by atoms with Gasteiger partial charge in [-0.15, -0.1) is 0 Å². The lowest BCUT2D eigenvalue weighted by Gasteiger charge is -2.37. The van der Waals surface area contributed by atoms with E-state index in [1.54, 1.807) is 6.92 Å². The summed E-state index contributed by atoms with van der Waals surface area (Å²) in [5.41, 5.74) is -0.434. The van der Waals surface area contributed by atoms with E-state index in [1.807, 2.05) is 13.8 Å². The Morgan fingerprint density at radius 2 is 1.71 bits per heavy atom. The molecule has 0 saturated heterocycles. The van der Waals surface area contributed by atoms with E-state index in [0.717, 1.165) is 0 Å². The first-order valence-electron chi connectivity index (χ1n) is 5.14. The molecule has 0 aromatic rings. The molecule has 3 heteroatoms. The summed E-state index contributed by atoms with van der Waals surface area (Å²) < 4.78 is 25.8. The summed E-state index contributed by atoms with van der Waals surface area (Å²) in [5.74, 6) is -2.27. The van der Waals surface area contributed by atoms with Crippen LogP contribution < -0.4 is 0 Å². The summed E-state index contributed by atoms with van der Waals surface area (Å²) in [4.78, 5) is 11.3. The van der Waals surface area contributed by atoms with E-state index in [1.165, 1.54) is 0 Å². The van der Waals surface area contributed by atoms with E-state index < -0.39 is 11.3 Å². The van der Waals surface area contributed by atoms with Gasteiger partial charge in [0.1, 0.15) is 5.78 Å². The van der Waals surface area contributed by atoms with Crippen LogP contribution in [0.15, 0.2) is 0 Å². The summed E-state index contributed by atoms with van der Waals surface area (Å²) in [6, 6.07) is 0. The lowest BCUT2D eigenvalue weighted by molar-refractivity contribution is -0.131. The van der Waals surface area contributed by atoms with Crippen LogP contribution in [0.1, 0.15) is 46.5 Å². The Hall–Kier alpha value is -0.470. The summed E-state index contributed by atoms with van der Waals surface area (Å²) in [7, 11) is 0. The summed E-state index contributed by atoms with van der Waals surface area (Å²) in [6.07, 6.45) is 0.821. The van der Waals surface area contributed by atoms with Crippen molar-refractivity contribution in [2.24, 2.45) is 11.3 Å². The molecule has 1 fully saturated rings. The van der Waals surface area contributed by atoms with Gasteiger partial charge in [-0.2, -0.15) is 0 Å². The highest BCUT2D eigenvalue weighted by atomic mass is 19.3. The van der Waals surface area contributed by atoms with Crippen LogP contribution in [-0.2, 0) is 4.79 Å². The molecule has 82 valence electrons. The number of halogens is 2. The van der Waals surface area contributed by atoms with E-state index in [2.05, 4.69) is 0 Å². The van der Waals surface area contributed by atoms with E-state index >= 15 is 0 Å². The number of rotatable bonds is 2. The fraction of sp³-hybridized carbons (Fsp3) is 0.909. The SMILES string of the molecule is CC(=O)C(C)(C)C1CCC(F)(F)CC1. The van der Waals surface area contributed by atoms with Crippen molar-refractivity contribution in [3.8, 4) is 0 Å². The minimum atomic E-state index is -2.50. The number of alkyl halides is 2. The molecular weight excluding hydrogens is 186 g/mol. The maximum absolute atomic E-state index is 12.9. The van der Waals surface area contributed by atoms with Crippen molar-refractivity contribution in [3.05, 3.63) is 0 Å². The first kappa shape index (κ1) is 11.6. The summed E-state index contributed by atoms with van der Waals surface area (Å²) >= 11 is 0. The van der Waals surface area contributed by atoms with Crippen LogP contribution in [0.25, 0.3) is 0 Å². The van der Waals surface area contributed by atoms with Gasteiger partial charge in [0, 0.05) is 18.3 Å². The number of hydrogen-bond acceptors (Lipinski definition) is 1. The molecule has 14 heavy (non-hydrogen) atoms. The van der Waals surface area contributed by atoms with Crippen LogP contribution in [0.4, 0.5) is 8.78 Å². The average molecular weight is 204 g/mol. The third-order valence-corrected chi connectivity index (χ3v) is 3.65. The zero-order valence-electron chi connectivity index (χ0n) is 9.07. The van der Waals surface area contributed by atoms with E-state index in [9.17, 15) is 13.6 Å². The zero-order valence-corrected chi connectivity index (χ0v) is 9.07. The van der Waals surface area contributed by atoms with Crippen molar-refractivity contribution in [3.63, 3.8) is 0 Å². The van der Waals surface area contributed by atoms with Crippen molar-refractivity contribution in [1.29, 1.82) is 0 Å². The molecule has 0 heterocycles. The number of carbonyl (C=O) groups is 1. The molecule has 1 nitrogen and oxygen atoms in total. The number of hydrogen-bond donors (Lipinski definition) is 0. The van der Waals surface area contributed by atoms with Gasteiger partial charge in [-0.25, -0.2) is 8.78 Å². The quantitative estimate of drug-likeness (QED) is 0.673. The largest absolute Gasteiger partial charge is 0.299 e. The second kappa shape index (κ2) is 3.59. The number of carbonyl (C=O) groups excluding carboxylic acids is 1. The van der Waals surface area contributed by atoms with Gasteiger partial charge in [-0.05, 0) is 25.7 Å². The Labute approximate surface area is 83.9 Å². The van der Waals surface area contributed by atoms with Gasteiger partial charge in [0.15, 0.2) is 0 Å². The van der Waals surface area contributed by atoms with Gasteiger partial charge in [-0.1, -0.05) is 13.8 Å². The van der Waals surface area contributed by atoms with E-state index in [-0.39, 0.29) is 24.5 Å². The highest BCUT2D eigenvalue weighted by Gasteiger charge is 2.42. The lowest BCUT2D eigenvalue weighted by atomic mass is 9.68. The van der Waals surface area contributed by atoms with Crippen molar-refractivity contribution in [2.75, 3.05) is 0 Å². The third kappa shape index (κ3) is 2.31. The first-order chi connectivity index (χ1) is 6.26. The first-order valence-corrected chi connectivity index (χ1v) is 5.14. The Morgan fingerprint density at radius 1 is 1.29 bits per heavy atom. The summed E-state index contributed by atoms with van der Waals surface area (Å²) in [6.45, 7) is 5.28. The Bertz CT molecular complexity index is 223. The van der Waals surface area contributed by atoms with Crippen molar-refractivity contribution in [2.45, 2.75) is 52.4 Å². The maximum Gasteiger partial charge on any atom is 0.248 e. The third-order valence-electron chi connectivity index (χ3n) is 3.65. The fourth-order valence-electron chi connectivity index (χ4n) is 2.05. The fourth-order valence-corrected chi connectivity index (χ4v) is 2.05. The van der Waals surface area contributed by atoms with Gasteiger partial charge in [0.2, 0.25) is 5.92 Å². The van der Waals surface area contributed by atoms with E-state index in [0.29, 0.717) is 12.8 Å². The molecule has 0 spiro atoms. The van der Waals surface area contributed by atoms with Gasteiger partial charge < -0.3 is 0 Å². The molecule has 1 aliphatic rings. The predicted molar refractivity (Wildman–Crippen MR) is 51.4 cm³/mol. The van der Waals surface area contributed by atoms with Gasteiger partial charge in [-0.3, -0.25) is 4.79 Å². The second-order valence-electron chi connectivity index (χ2n) is 4.91. The molecule has 0 amide bonds. The standard InChI is InChI=1S/C11H18F2O/c1-8(14)10(2,3)9-4-6-11(12,13)7-5-9/h9H,4-7H2,1-3H3. The molecule has 1 saturated carbocycles. The van der Waals surface area contributed by atoms with Crippen LogP contribution >= 0.6 is 0 Å². The number of ketones is 1. The molecule has 0 atom stereocenters. The van der Waals surface area contributed by atoms with Crippen LogP contribution in [0, 0.1) is 11.3 Å². The van der Waals surface area contributed by atoms with Crippen molar-refractivity contribution >= 4 is 5.78 Å². The highest BCUT2D eigenvalue weighted by molar-refractivity contribution is 5.81. The lowest BCUT2D eigenvalue weighted by Crippen LogP contribution is -2.36. The zero-order chi connectivity index (χ0) is 11.0. The monoisotopic (exact) mass is 204 g/mol. The predicted octanol–water partition coefficient (Wildman–Crippen LogP) is 3.43. The molecule has 0 aromatic heterocycles. The molecule has 1 rings (SSSR count). The van der Waals surface area contributed by atoms with Crippen molar-refractivity contribution in [1.82, 2.24) is 0 Å². The summed E-state index contributed by atoms with van der Waals surface area (Å²) in [5, 5.41) is 0. The molecule has 0 unspecified atom stereocenters. The van der Waals surface area contributed by atoms with Gasteiger partial charge >= 0.3 is 0 Å². The molecule has 0 bridgehead atoms.